The zero-order valence-electron chi connectivity index (χ0n) is 11.5. The van der Waals surface area contributed by atoms with E-state index in [-0.39, 0.29) is 36.5 Å². The Bertz CT molecular complexity index is 912. The minimum atomic E-state index is -0.585. The molecule has 0 aliphatic carbocycles. The molecule has 3 aliphatic heterocycles. The Kier molecular flexibility index (Phi) is 2.43. The van der Waals surface area contributed by atoms with Crippen molar-refractivity contribution in [3.63, 3.8) is 0 Å². The molecule has 0 saturated carbocycles. The monoisotopic (exact) mass is 301 g/mol. The summed E-state index contributed by atoms with van der Waals surface area (Å²) in [7, 11) is -0.331. The fourth-order valence-corrected chi connectivity index (χ4v) is 4.98. The molecular formula is C15H14N2O3P+. The fourth-order valence-electron chi connectivity index (χ4n) is 3.02. The second-order valence-electron chi connectivity index (χ2n) is 5.90. The van der Waals surface area contributed by atoms with Crippen LogP contribution >= 0.6 is 7.55 Å². The Balaban J connectivity index is 1.85. The maximum absolute atomic E-state index is 12.7. The lowest BCUT2D eigenvalue weighted by atomic mass is 10.1. The van der Waals surface area contributed by atoms with Gasteiger partial charge in [-0.05, 0) is 30.7 Å². The fraction of sp³-hybridized carbons (Fsp3) is 0.333. The predicted octanol–water partition coefficient (Wildman–Crippen LogP) is -0.585. The summed E-state index contributed by atoms with van der Waals surface area (Å²) in [6.45, 7) is 2.17. The highest BCUT2D eigenvalue weighted by Crippen LogP contribution is 2.56. The molecule has 4 heterocycles. The molecule has 1 aromatic rings. The molecule has 0 aromatic carbocycles. The summed E-state index contributed by atoms with van der Waals surface area (Å²) in [6.07, 6.45) is 4.47. The zero-order valence-corrected chi connectivity index (χ0v) is 12.4. The van der Waals surface area contributed by atoms with Crippen LogP contribution in [-0.2, 0) is 9.59 Å². The van der Waals surface area contributed by atoms with Gasteiger partial charge in [0.1, 0.15) is 25.2 Å². The Hall–Kier alpha value is -2.00. The quantitative estimate of drug-likeness (QED) is 0.557. The maximum Gasteiger partial charge on any atom is 0.262 e. The first-order valence-corrected chi connectivity index (χ1v) is 8.40. The van der Waals surface area contributed by atoms with Gasteiger partial charge in [-0.15, -0.1) is 0 Å². The highest BCUT2D eigenvalue weighted by molar-refractivity contribution is 7.78. The molecule has 3 unspecified atom stereocenters. The van der Waals surface area contributed by atoms with Crippen LogP contribution in [-0.4, -0.2) is 27.3 Å². The third-order valence-electron chi connectivity index (χ3n) is 4.34. The van der Waals surface area contributed by atoms with Crippen LogP contribution in [0.2, 0.25) is 0 Å². The van der Waals surface area contributed by atoms with Crippen LogP contribution in [0.3, 0.4) is 0 Å². The highest BCUT2D eigenvalue weighted by atomic mass is 31.1. The lowest BCUT2D eigenvalue weighted by Gasteiger charge is -2.22. The molecule has 21 heavy (non-hydrogen) atoms. The van der Waals surface area contributed by atoms with Gasteiger partial charge in [0.15, 0.2) is 0 Å². The smallest absolute Gasteiger partial charge is 0.262 e. The normalized spacial score (nSPS) is 31.1. The zero-order chi connectivity index (χ0) is 14.8. The summed E-state index contributed by atoms with van der Waals surface area (Å²) in [5, 5.41) is 4.09. The molecule has 106 valence electrons. The van der Waals surface area contributed by atoms with Gasteiger partial charge < -0.3 is 4.57 Å². The molecule has 1 N–H and O–H groups in total. The summed E-state index contributed by atoms with van der Waals surface area (Å²) < 4.78 is 1.46. The molecule has 5 nitrogen and oxygen atoms in total. The second-order valence-corrected chi connectivity index (χ2v) is 8.19. The van der Waals surface area contributed by atoms with Crippen LogP contribution in [0.1, 0.15) is 25.8 Å². The van der Waals surface area contributed by atoms with Gasteiger partial charge >= 0.3 is 0 Å². The number of rotatable bonds is 1. The van der Waals surface area contributed by atoms with Crippen LogP contribution in [0.4, 0.5) is 0 Å². The van der Waals surface area contributed by atoms with Crippen molar-refractivity contribution in [2.75, 3.05) is 0 Å². The maximum atomic E-state index is 12.7. The molecule has 3 aliphatic rings. The molecule has 1 fully saturated rings. The van der Waals surface area contributed by atoms with Crippen molar-refractivity contribution in [1.82, 2.24) is 9.88 Å². The van der Waals surface area contributed by atoms with Crippen molar-refractivity contribution in [2.45, 2.75) is 31.0 Å². The van der Waals surface area contributed by atoms with Crippen LogP contribution in [0.25, 0.3) is 11.9 Å². The number of fused-ring (bicyclic) bond motifs is 2. The average Bonchev–Trinajstić information content (AvgIpc) is 3.08. The lowest BCUT2D eigenvalue weighted by molar-refractivity contribution is -0.135. The first-order chi connectivity index (χ1) is 9.98. The largest absolute Gasteiger partial charge is 0.302 e. The van der Waals surface area contributed by atoms with E-state index in [0.29, 0.717) is 11.6 Å². The number of pyridine rings is 1. The number of aromatic nitrogens is 1. The van der Waals surface area contributed by atoms with Crippen molar-refractivity contribution >= 4 is 37.0 Å². The van der Waals surface area contributed by atoms with Gasteiger partial charge in [0.25, 0.3) is 5.56 Å². The molecule has 2 amide bonds. The third-order valence-corrected chi connectivity index (χ3v) is 6.79. The number of piperidine rings is 1. The number of hydrogen-bond donors (Lipinski definition) is 1. The van der Waals surface area contributed by atoms with Crippen LogP contribution in [0.15, 0.2) is 17.1 Å². The van der Waals surface area contributed by atoms with E-state index in [0.717, 1.165) is 5.22 Å². The van der Waals surface area contributed by atoms with Gasteiger partial charge in [-0.25, -0.2) is 0 Å². The van der Waals surface area contributed by atoms with E-state index >= 15 is 0 Å². The van der Waals surface area contributed by atoms with Gasteiger partial charge in [-0.2, -0.15) is 0 Å². The summed E-state index contributed by atoms with van der Waals surface area (Å²) >= 11 is 0. The van der Waals surface area contributed by atoms with E-state index in [1.54, 1.807) is 6.20 Å². The number of amides is 2. The van der Waals surface area contributed by atoms with Crippen LogP contribution in [0, 0.1) is 0 Å². The van der Waals surface area contributed by atoms with Crippen molar-refractivity contribution in [1.29, 1.82) is 0 Å². The van der Waals surface area contributed by atoms with Crippen molar-refractivity contribution in [3.8, 4) is 0 Å². The first-order valence-electron chi connectivity index (χ1n) is 6.92. The number of imide groups is 1. The summed E-state index contributed by atoms with van der Waals surface area (Å²) in [5.41, 5.74) is -0.136. The topological polar surface area (TPSA) is 68.2 Å². The van der Waals surface area contributed by atoms with Gasteiger partial charge in [0.05, 0.1) is 5.22 Å². The Morgan fingerprint density at radius 2 is 2.19 bits per heavy atom. The van der Waals surface area contributed by atoms with E-state index in [1.165, 1.54) is 4.57 Å². The lowest BCUT2D eigenvalue weighted by Crippen LogP contribution is -2.51. The molecule has 1 saturated heterocycles. The minimum absolute atomic E-state index is 0.136. The van der Waals surface area contributed by atoms with Crippen LogP contribution < -0.4 is 21.3 Å². The van der Waals surface area contributed by atoms with Crippen molar-refractivity contribution in [2.24, 2.45) is 0 Å². The molecule has 0 spiro atoms. The number of hydrogen-bond acceptors (Lipinski definition) is 3. The highest BCUT2D eigenvalue weighted by Gasteiger charge is 2.52. The van der Waals surface area contributed by atoms with Gasteiger partial charge in [0.2, 0.25) is 17.0 Å². The molecule has 6 heteroatoms. The SMILES string of the molecule is CC12C=c3ccn(C4CCC(=O)NC4=O)c(=O)c3=C[P+]1=C2. The van der Waals surface area contributed by atoms with E-state index < -0.39 is 6.04 Å². The molecule has 1 aromatic heterocycles. The standard InChI is InChI=1S/C15H13N2O3P/c1-15-6-9-4-5-17(11-2-3-12(18)16-13(11)19)14(20)10(9)7-21(15)8-15/h4-8,11H,2-3H2,1H3/p+1. The number of nitrogens with one attached hydrogen (secondary N) is 1. The van der Waals surface area contributed by atoms with E-state index in [2.05, 4.69) is 29.9 Å². The number of carbonyl (C=O) groups excluding carboxylic acids is 2. The van der Waals surface area contributed by atoms with Crippen molar-refractivity contribution < 1.29 is 9.59 Å². The van der Waals surface area contributed by atoms with Crippen LogP contribution in [0.5, 0.6) is 0 Å². The van der Waals surface area contributed by atoms with E-state index in [1.807, 2.05) is 6.07 Å². The molecule has 0 bridgehead atoms. The average molecular weight is 301 g/mol. The molecule has 3 atom stereocenters. The first kappa shape index (κ1) is 12.7. The Labute approximate surface area is 121 Å². The second kappa shape index (κ2) is 4.01. The van der Waals surface area contributed by atoms with Gasteiger partial charge in [-0.1, -0.05) is 0 Å². The predicted molar refractivity (Wildman–Crippen MR) is 81.7 cm³/mol. The third kappa shape index (κ3) is 1.84. The van der Waals surface area contributed by atoms with Gasteiger partial charge in [-0.3, -0.25) is 19.7 Å². The Morgan fingerprint density at radius 3 is 2.95 bits per heavy atom. The van der Waals surface area contributed by atoms with E-state index in [4.69, 9.17) is 0 Å². The van der Waals surface area contributed by atoms with E-state index in [9.17, 15) is 14.4 Å². The molecule has 4 rings (SSSR count). The number of nitrogens with zero attached hydrogens (tertiary/aromatic N) is 1. The summed E-state index contributed by atoms with van der Waals surface area (Å²) in [5.74, 6) is 3.66. The molecular weight excluding hydrogens is 287 g/mol. The Morgan fingerprint density at radius 1 is 1.38 bits per heavy atom. The minimum Gasteiger partial charge on any atom is -0.302 e. The van der Waals surface area contributed by atoms with Crippen molar-refractivity contribution in [3.05, 3.63) is 33.1 Å². The summed E-state index contributed by atoms with van der Waals surface area (Å²) in [4.78, 5) is 35.8. The molecule has 0 radical (unpaired) electrons. The van der Waals surface area contributed by atoms with Gasteiger partial charge in [0, 0.05) is 12.6 Å². The summed E-state index contributed by atoms with van der Waals surface area (Å²) in [6, 6.07) is 1.30. The number of carbonyl (C=O) groups is 2.